The van der Waals surface area contributed by atoms with Crippen molar-refractivity contribution in [2.24, 2.45) is 0 Å². The molecule has 0 unspecified atom stereocenters. The molecule has 6 nitrogen and oxygen atoms in total. The summed E-state index contributed by atoms with van der Waals surface area (Å²) in [7, 11) is 0. The van der Waals surface area contributed by atoms with Gasteiger partial charge in [-0.2, -0.15) is 4.98 Å². The summed E-state index contributed by atoms with van der Waals surface area (Å²) in [5, 5.41) is 16.4. The Morgan fingerprint density at radius 3 is 2.76 bits per heavy atom. The molecule has 1 aromatic carbocycles. The number of aromatic hydroxyl groups is 1. The minimum absolute atomic E-state index is 0.230. The minimum Gasteiger partial charge on any atom is -0.508 e. The molecular formula is C15H14N4O2. The van der Waals surface area contributed by atoms with Crippen molar-refractivity contribution < 1.29 is 9.63 Å². The van der Waals surface area contributed by atoms with Crippen LogP contribution in [0.15, 0.2) is 47.2 Å². The summed E-state index contributed by atoms with van der Waals surface area (Å²) in [5.74, 6) is 1.28. The van der Waals surface area contributed by atoms with Crippen molar-refractivity contribution in [1.82, 2.24) is 15.1 Å². The number of rotatable bonds is 4. The van der Waals surface area contributed by atoms with E-state index in [1.165, 1.54) is 0 Å². The molecule has 2 heterocycles. The fourth-order valence-electron chi connectivity index (χ4n) is 1.92. The van der Waals surface area contributed by atoms with Gasteiger partial charge in [-0.25, -0.2) is 0 Å². The van der Waals surface area contributed by atoms with Crippen LogP contribution in [-0.4, -0.2) is 20.2 Å². The van der Waals surface area contributed by atoms with E-state index in [1.807, 2.05) is 13.0 Å². The molecule has 3 rings (SSSR count). The van der Waals surface area contributed by atoms with Gasteiger partial charge in [-0.1, -0.05) is 5.16 Å². The Kier molecular flexibility index (Phi) is 3.51. The van der Waals surface area contributed by atoms with Crippen molar-refractivity contribution in [2.75, 3.05) is 5.32 Å². The summed E-state index contributed by atoms with van der Waals surface area (Å²) in [6, 6.07) is 8.64. The number of aromatic nitrogens is 3. The highest BCUT2D eigenvalue weighted by Crippen LogP contribution is 2.19. The molecule has 3 aromatic rings. The topological polar surface area (TPSA) is 84.1 Å². The van der Waals surface area contributed by atoms with Crippen LogP contribution in [0.2, 0.25) is 0 Å². The van der Waals surface area contributed by atoms with E-state index in [0.29, 0.717) is 18.3 Å². The third-order valence-corrected chi connectivity index (χ3v) is 3.04. The largest absolute Gasteiger partial charge is 0.508 e. The van der Waals surface area contributed by atoms with Crippen LogP contribution in [-0.2, 0) is 6.54 Å². The van der Waals surface area contributed by atoms with E-state index in [4.69, 9.17) is 4.52 Å². The molecular weight excluding hydrogens is 268 g/mol. The second-order valence-electron chi connectivity index (χ2n) is 4.60. The maximum Gasteiger partial charge on any atom is 0.246 e. The van der Waals surface area contributed by atoms with E-state index in [9.17, 15) is 5.11 Å². The average Bonchev–Trinajstić information content (AvgIpc) is 2.96. The molecule has 0 saturated carbocycles. The second kappa shape index (κ2) is 5.62. The number of phenols is 1. The third-order valence-electron chi connectivity index (χ3n) is 3.04. The fraction of sp³-hybridized carbons (Fsp3) is 0.133. The van der Waals surface area contributed by atoms with E-state index < -0.39 is 0 Å². The summed E-state index contributed by atoms with van der Waals surface area (Å²) >= 11 is 0. The lowest BCUT2D eigenvalue weighted by Gasteiger charge is -2.02. The molecule has 0 saturated heterocycles. The van der Waals surface area contributed by atoms with Crippen molar-refractivity contribution in [3.63, 3.8) is 0 Å². The van der Waals surface area contributed by atoms with E-state index in [1.54, 1.807) is 36.7 Å². The van der Waals surface area contributed by atoms with Gasteiger partial charge in [0.1, 0.15) is 5.75 Å². The van der Waals surface area contributed by atoms with Gasteiger partial charge in [0.25, 0.3) is 0 Å². The minimum atomic E-state index is 0.230. The Hall–Kier alpha value is -2.89. The predicted molar refractivity (Wildman–Crippen MR) is 77.7 cm³/mol. The Balaban J connectivity index is 1.71. The maximum atomic E-state index is 9.22. The van der Waals surface area contributed by atoms with Crippen molar-refractivity contribution in [2.45, 2.75) is 13.5 Å². The third kappa shape index (κ3) is 3.00. The summed E-state index contributed by atoms with van der Waals surface area (Å²) in [6.45, 7) is 2.37. The van der Waals surface area contributed by atoms with Crippen LogP contribution in [0.1, 0.15) is 11.5 Å². The lowest BCUT2D eigenvalue weighted by molar-refractivity contribution is 0.384. The van der Waals surface area contributed by atoms with E-state index in [2.05, 4.69) is 20.4 Å². The highest BCUT2D eigenvalue weighted by molar-refractivity contribution is 5.58. The van der Waals surface area contributed by atoms with Gasteiger partial charge in [0.2, 0.25) is 11.7 Å². The molecule has 0 aliphatic rings. The average molecular weight is 282 g/mol. The highest BCUT2D eigenvalue weighted by atomic mass is 16.5. The number of nitrogens with zero attached hydrogens (tertiary/aromatic N) is 3. The standard InChI is InChI=1S/C15H14N4O2/c1-10-8-16-7-6-13(10)15-18-14(21-19-15)9-17-11-2-4-12(20)5-3-11/h2-8,17,20H,9H2,1H3. The molecule has 0 spiro atoms. The zero-order chi connectivity index (χ0) is 14.7. The zero-order valence-corrected chi connectivity index (χ0v) is 11.4. The summed E-state index contributed by atoms with van der Waals surface area (Å²) in [5.41, 5.74) is 2.77. The van der Waals surface area contributed by atoms with Gasteiger partial charge >= 0.3 is 0 Å². The van der Waals surface area contributed by atoms with Gasteiger partial charge in [0.05, 0.1) is 6.54 Å². The van der Waals surface area contributed by atoms with Crippen LogP contribution < -0.4 is 5.32 Å². The van der Waals surface area contributed by atoms with Crippen LogP contribution >= 0.6 is 0 Å². The fourth-order valence-corrected chi connectivity index (χ4v) is 1.92. The van der Waals surface area contributed by atoms with Crippen LogP contribution in [0.4, 0.5) is 5.69 Å². The number of hydrogen-bond acceptors (Lipinski definition) is 6. The van der Waals surface area contributed by atoms with Gasteiger partial charge in [0.15, 0.2) is 0 Å². The zero-order valence-electron chi connectivity index (χ0n) is 11.4. The smallest absolute Gasteiger partial charge is 0.246 e. The van der Waals surface area contributed by atoms with E-state index >= 15 is 0 Å². The van der Waals surface area contributed by atoms with Gasteiger partial charge in [-0.3, -0.25) is 4.98 Å². The van der Waals surface area contributed by atoms with E-state index in [-0.39, 0.29) is 5.75 Å². The quantitative estimate of drug-likeness (QED) is 0.716. The normalized spacial score (nSPS) is 10.5. The molecule has 106 valence electrons. The van der Waals surface area contributed by atoms with Crippen molar-refractivity contribution in [3.05, 3.63) is 54.2 Å². The number of aryl methyl sites for hydroxylation is 1. The first-order valence-electron chi connectivity index (χ1n) is 6.49. The first-order chi connectivity index (χ1) is 10.2. The number of pyridine rings is 1. The molecule has 0 aliphatic carbocycles. The molecule has 0 fully saturated rings. The monoisotopic (exact) mass is 282 g/mol. The van der Waals surface area contributed by atoms with Crippen LogP contribution in [0.5, 0.6) is 5.75 Å². The Labute approximate surface area is 121 Å². The summed E-state index contributed by atoms with van der Waals surface area (Å²) in [4.78, 5) is 8.40. The number of anilines is 1. The number of phenolic OH excluding ortho intramolecular Hbond substituents is 1. The van der Waals surface area contributed by atoms with Crippen LogP contribution in [0.25, 0.3) is 11.4 Å². The molecule has 0 amide bonds. The second-order valence-corrected chi connectivity index (χ2v) is 4.60. The molecule has 2 N–H and O–H groups in total. The lowest BCUT2D eigenvalue weighted by atomic mass is 10.1. The highest BCUT2D eigenvalue weighted by Gasteiger charge is 2.10. The van der Waals surface area contributed by atoms with Gasteiger partial charge in [0, 0.05) is 23.6 Å². The molecule has 0 radical (unpaired) electrons. The van der Waals surface area contributed by atoms with Crippen molar-refractivity contribution in [1.29, 1.82) is 0 Å². The number of nitrogens with one attached hydrogen (secondary N) is 1. The van der Waals surface area contributed by atoms with Crippen molar-refractivity contribution in [3.8, 4) is 17.1 Å². The Morgan fingerprint density at radius 2 is 2.00 bits per heavy atom. The van der Waals surface area contributed by atoms with Crippen LogP contribution in [0, 0.1) is 6.92 Å². The molecule has 21 heavy (non-hydrogen) atoms. The maximum absolute atomic E-state index is 9.22. The van der Waals surface area contributed by atoms with Gasteiger partial charge < -0.3 is 14.9 Å². The molecule has 0 bridgehead atoms. The Morgan fingerprint density at radius 1 is 1.19 bits per heavy atom. The van der Waals surface area contributed by atoms with Gasteiger partial charge in [-0.05, 0) is 42.8 Å². The molecule has 0 aliphatic heterocycles. The molecule has 2 aromatic heterocycles. The van der Waals surface area contributed by atoms with Crippen LogP contribution in [0.3, 0.4) is 0 Å². The summed E-state index contributed by atoms with van der Waals surface area (Å²) in [6.07, 6.45) is 3.47. The first-order valence-corrected chi connectivity index (χ1v) is 6.49. The first kappa shape index (κ1) is 13.1. The number of benzene rings is 1. The Bertz CT molecular complexity index is 737. The van der Waals surface area contributed by atoms with E-state index in [0.717, 1.165) is 16.8 Å². The SMILES string of the molecule is Cc1cnccc1-c1noc(CNc2ccc(O)cc2)n1. The molecule has 6 heteroatoms. The molecule has 0 atom stereocenters. The van der Waals surface area contributed by atoms with Gasteiger partial charge in [-0.15, -0.1) is 0 Å². The van der Waals surface area contributed by atoms with Crippen molar-refractivity contribution >= 4 is 5.69 Å². The number of hydrogen-bond donors (Lipinski definition) is 2. The summed E-state index contributed by atoms with van der Waals surface area (Å²) < 4.78 is 5.23. The predicted octanol–water partition coefficient (Wildman–Crippen LogP) is 2.76. The lowest BCUT2D eigenvalue weighted by Crippen LogP contribution is -1.99.